The molecule has 4 heavy (non-hydrogen) atoms. The fourth-order valence-corrected chi connectivity index (χ4v) is 0. The maximum atomic E-state index is 7.38. The SMILES string of the molecule is N#[C][Zn].[Au]. The molecule has 0 aliphatic carbocycles. The summed E-state index contributed by atoms with van der Waals surface area (Å²) in [5.41, 5.74) is 0. The summed E-state index contributed by atoms with van der Waals surface area (Å²) in [7, 11) is 0. The molecule has 0 aromatic heterocycles. The minimum atomic E-state index is 0. The first-order valence-electron chi connectivity index (χ1n) is 0.577. The predicted molar refractivity (Wildman–Crippen MR) is 5.61 cm³/mol. The van der Waals surface area contributed by atoms with Crippen LogP contribution in [0.1, 0.15) is 0 Å². The molecule has 1 radical (unpaired) electrons. The van der Waals surface area contributed by atoms with Crippen LogP contribution in [0.5, 0.6) is 0 Å². The van der Waals surface area contributed by atoms with Gasteiger partial charge in [0.2, 0.25) is 0 Å². The molecule has 0 atom stereocenters. The second kappa shape index (κ2) is 9.13. The van der Waals surface area contributed by atoms with Gasteiger partial charge in [0.25, 0.3) is 0 Å². The van der Waals surface area contributed by atoms with Crippen molar-refractivity contribution in [2.24, 2.45) is 0 Å². The molecule has 0 aliphatic heterocycles. The van der Waals surface area contributed by atoms with Crippen LogP contribution in [-0.4, -0.2) is 0 Å². The fourth-order valence-electron chi connectivity index (χ4n) is 0. The van der Waals surface area contributed by atoms with E-state index in [1.54, 1.807) is 0 Å². The Balaban J connectivity index is 0. The quantitative estimate of drug-likeness (QED) is 0.576. The van der Waals surface area contributed by atoms with E-state index >= 15 is 0 Å². The Morgan fingerprint density at radius 2 is 1.75 bits per heavy atom. The van der Waals surface area contributed by atoms with E-state index in [4.69, 9.17) is 5.26 Å². The maximum absolute atomic E-state index is 7.38. The third kappa shape index (κ3) is 13.5. The van der Waals surface area contributed by atoms with Gasteiger partial charge in [0, 0.05) is 22.4 Å². The second-order valence-electron chi connectivity index (χ2n) is 0.158. The summed E-state index contributed by atoms with van der Waals surface area (Å²) >= 11 is 0.750. The van der Waals surface area contributed by atoms with Gasteiger partial charge < -0.3 is 0 Å². The van der Waals surface area contributed by atoms with E-state index in [9.17, 15) is 0 Å². The summed E-state index contributed by atoms with van der Waals surface area (Å²) in [5, 5.41) is 7.38. The molecule has 0 fully saturated rings. The van der Waals surface area contributed by atoms with Gasteiger partial charge in [-0.1, -0.05) is 0 Å². The van der Waals surface area contributed by atoms with Crippen molar-refractivity contribution in [3.63, 3.8) is 0 Å². The van der Waals surface area contributed by atoms with Gasteiger partial charge in [-0.05, 0) is 0 Å². The largest absolute Gasteiger partial charge is 0 e. The average Bonchev–Trinajstić information content (AvgIpc) is 0.918. The van der Waals surface area contributed by atoms with Crippen LogP contribution in [0.2, 0.25) is 0 Å². The fraction of sp³-hybridized carbons (Fsp3) is 0. The molecule has 0 unspecified atom stereocenters. The van der Waals surface area contributed by atoms with Crippen molar-refractivity contribution >= 4 is 0 Å². The van der Waals surface area contributed by atoms with Gasteiger partial charge in [0.1, 0.15) is 0 Å². The summed E-state index contributed by atoms with van der Waals surface area (Å²) in [6, 6.07) is 0. The van der Waals surface area contributed by atoms with Crippen LogP contribution in [-0.2, 0) is 40.7 Å². The van der Waals surface area contributed by atoms with Gasteiger partial charge in [0.05, 0.1) is 0 Å². The summed E-state index contributed by atoms with van der Waals surface area (Å²) in [5.74, 6) is 0. The molecule has 0 bridgehead atoms. The van der Waals surface area contributed by atoms with Gasteiger partial charge in [-0.15, -0.1) is 0 Å². The minimum absolute atomic E-state index is 0. The number of hydrogen-bond acceptors (Lipinski definition) is 1. The van der Waals surface area contributed by atoms with Gasteiger partial charge in [-0.2, -0.15) is 0 Å². The number of hydrogen-bond donors (Lipinski definition) is 0. The van der Waals surface area contributed by atoms with Crippen molar-refractivity contribution in [3.8, 4) is 4.66 Å². The Morgan fingerprint density at radius 3 is 1.75 bits per heavy atom. The van der Waals surface area contributed by atoms with E-state index in [2.05, 4.69) is 0 Å². The first kappa shape index (κ1) is 8.85. The third-order valence-electron chi connectivity index (χ3n) is 0. The summed E-state index contributed by atoms with van der Waals surface area (Å²) in [6.07, 6.45) is 0. The zero-order chi connectivity index (χ0) is 2.71. The van der Waals surface area contributed by atoms with Crippen molar-refractivity contribution < 1.29 is 40.7 Å². The Labute approximate surface area is 50.6 Å². The van der Waals surface area contributed by atoms with Crippen LogP contribution in [0, 0.1) is 9.93 Å². The minimum Gasteiger partial charge on any atom is 0 e. The van der Waals surface area contributed by atoms with Crippen molar-refractivity contribution in [2.45, 2.75) is 0 Å². The van der Waals surface area contributed by atoms with E-state index in [1.165, 1.54) is 0 Å². The van der Waals surface area contributed by atoms with Crippen LogP contribution < -0.4 is 0 Å². The van der Waals surface area contributed by atoms with Gasteiger partial charge in [0.15, 0.2) is 0 Å². The van der Waals surface area contributed by atoms with Gasteiger partial charge in [-0.3, -0.25) is 0 Å². The van der Waals surface area contributed by atoms with Gasteiger partial charge >= 0.3 is 28.2 Å². The number of nitrogens with zero attached hydrogens (tertiary/aromatic N) is 1. The van der Waals surface area contributed by atoms with Crippen molar-refractivity contribution in [3.05, 3.63) is 0 Å². The molecule has 0 aliphatic rings. The standard InChI is InChI=1S/CN.Au.Zn/c1-2;;. The molecule has 0 saturated carbocycles. The molecule has 0 aromatic carbocycles. The van der Waals surface area contributed by atoms with Crippen molar-refractivity contribution in [2.75, 3.05) is 0 Å². The van der Waals surface area contributed by atoms with E-state index in [1.807, 2.05) is 4.66 Å². The molecule has 0 spiro atoms. The van der Waals surface area contributed by atoms with E-state index in [0.29, 0.717) is 0 Å². The van der Waals surface area contributed by atoms with E-state index < -0.39 is 0 Å². The van der Waals surface area contributed by atoms with Gasteiger partial charge in [-0.25, -0.2) is 0 Å². The van der Waals surface area contributed by atoms with E-state index in [-0.39, 0.29) is 22.4 Å². The number of rotatable bonds is 0. The zero-order valence-corrected chi connectivity index (χ0v) is 7.09. The molecule has 1 nitrogen and oxygen atoms in total. The zero-order valence-electron chi connectivity index (χ0n) is 1.96. The first-order chi connectivity index (χ1) is 1.41. The van der Waals surface area contributed by atoms with Crippen molar-refractivity contribution in [1.29, 1.82) is 5.26 Å². The molecule has 0 heterocycles. The number of nitriles is 1. The van der Waals surface area contributed by atoms with E-state index in [0.717, 1.165) is 18.3 Å². The molecule has 0 amide bonds. The van der Waals surface area contributed by atoms with Crippen LogP contribution in [0.3, 0.4) is 0 Å². The molecule has 3 heteroatoms. The topological polar surface area (TPSA) is 23.8 Å². The summed E-state index contributed by atoms with van der Waals surface area (Å²) < 4.78 is 1.88. The molecule has 0 saturated heterocycles. The molecule has 0 rings (SSSR count). The normalized spacial score (nSPS) is 2.25. The first-order valence-corrected chi connectivity index (χ1v) is 2.06. The Kier molecular flexibility index (Phi) is 20.2. The smallest absolute Gasteiger partial charge is 0 e. The summed E-state index contributed by atoms with van der Waals surface area (Å²) in [6.45, 7) is 0. The molecule has 0 N–H and O–H groups in total. The predicted octanol–water partition coefficient (Wildman–Crippen LogP) is 0.0118. The van der Waals surface area contributed by atoms with Crippen LogP contribution >= 0.6 is 0 Å². The van der Waals surface area contributed by atoms with Crippen LogP contribution in [0.25, 0.3) is 0 Å². The van der Waals surface area contributed by atoms with Crippen molar-refractivity contribution in [1.82, 2.24) is 0 Å². The Hall–Kier alpha value is 0.854. The molecule has 22 valence electrons. The molecular formula is CAuNZn. The Bertz CT molecular complexity index is 29.5. The summed E-state index contributed by atoms with van der Waals surface area (Å²) in [4.78, 5) is 0. The molecule has 0 aromatic rings. The second-order valence-corrected chi connectivity index (χ2v) is 0.822. The Morgan fingerprint density at radius 1 is 1.75 bits per heavy atom. The average molecular weight is 288 g/mol. The van der Waals surface area contributed by atoms with Crippen LogP contribution in [0.4, 0.5) is 0 Å². The molecular weight excluding hydrogens is 288 g/mol. The van der Waals surface area contributed by atoms with Crippen LogP contribution in [0.15, 0.2) is 0 Å². The maximum Gasteiger partial charge on any atom is 0 e. The monoisotopic (exact) mass is 287 g/mol. The third-order valence-corrected chi connectivity index (χ3v) is 0.